The molecule has 1 aromatic rings. The molecule has 6 rings (SSSR count). The van der Waals surface area contributed by atoms with E-state index in [1.54, 1.807) is 7.11 Å². The molecular formula is C23H23CoN2O2. The average molecular weight is 418 g/mol. The number of hydrogen-bond donors (Lipinski definition) is 1. The number of nitrogens with one attached hydrogen (secondary N) is 1. The molecule has 5 heteroatoms. The first-order valence-corrected chi connectivity index (χ1v) is 9.55. The number of nitrogens with zero attached hydrogens (tertiary/aromatic N) is 1. The molecule has 5 aliphatic rings. The molecule has 0 aromatic heterocycles. The number of piperidine rings is 1. The Morgan fingerprint density at radius 1 is 1.11 bits per heavy atom. The van der Waals surface area contributed by atoms with Crippen LogP contribution < -0.4 is 10.2 Å². The van der Waals surface area contributed by atoms with Gasteiger partial charge >= 0.3 is 0 Å². The van der Waals surface area contributed by atoms with Gasteiger partial charge in [-0.1, -0.05) is 42.5 Å². The number of allylic oxidation sites excluding steroid dienone is 5. The van der Waals surface area contributed by atoms with Crippen LogP contribution in [0.5, 0.6) is 0 Å². The Kier molecular flexibility index (Phi) is 4.85. The molecule has 2 saturated heterocycles. The van der Waals surface area contributed by atoms with Crippen molar-refractivity contribution in [2.45, 2.75) is 30.3 Å². The Hall–Kier alpha value is -2.08. The zero-order valence-electron chi connectivity index (χ0n) is 15.8. The van der Waals surface area contributed by atoms with E-state index in [2.05, 4.69) is 35.7 Å². The maximum Gasteiger partial charge on any atom is 0.229 e. The van der Waals surface area contributed by atoms with Gasteiger partial charge in [-0.05, 0) is 48.7 Å². The fourth-order valence-corrected chi connectivity index (χ4v) is 5.34. The van der Waals surface area contributed by atoms with E-state index in [1.807, 2.05) is 41.7 Å². The summed E-state index contributed by atoms with van der Waals surface area (Å²) in [7, 11) is 1.72. The van der Waals surface area contributed by atoms with Gasteiger partial charge in [0.1, 0.15) is 11.4 Å². The largest absolute Gasteiger partial charge is 0.497 e. The fourth-order valence-electron chi connectivity index (χ4n) is 5.34. The number of ether oxygens (including phenoxy) is 1. The molecule has 146 valence electrons. The summed E-state index contributed by atoms with van der Waals surface area (Å²) in [5, 5.41) is 3.69. The van der Waals surface area contributed by atoms with Crippen LogP contribution in [0.1, 0.15) is 24.8 Å². The van der Waals surface area contributed by atoms with Crippen molar-refractivity contribution < 1.29 is 26.3 Å². The second-order valence-corrected chi connectivity index (χ2v) is 7.49. The molecule has 2 radical (unpaired) electrons. The van der Waals surface area contributed by atoms with Gasteiger partial charge in [0.15, 0.2) is 0 Å². The maximum absolute atomic E-state index is 12.8. The Balaban J connectivity index is 0.000000282. The second kappa shape index (κ2) is 7.06. The van der Waals surface area contributed by atoms with E-state index < -0.39 is 5.66 Å². The summed E-state index contributed by atoms with van der Waals surface area (Å²) in [5.74, 6) is 1.13. The molecule has 28 heavy (non-hydrogen) atoms. The molecular weight excluding hydrogens is 395 g/mol. The van der Waals surface area contributed by atoms with Gasteiger partial charge in [-0.25, -0.2) is 0 Å². The van der Waals surface area contributed by atoms with Gasteiger partial charge in [0, 0.05) is 29.6 Å². The van der Waals surface area contributed by atoms with Crippen LogP contribution >= 0.6 is 0 Å². The SMILES string of the molecule is COC1=C[C@]23CCN[C@]24C(=C1)CCC(=O)N4c1ccccc13.[CH]1C=CC=C1.[Co]. The number of carbonyl (C=O) groups excluding carboxylic acids is 1. The number of amides is 1. The van der Waals surface area contributed by atoms with Gasteiger partial charge in [0.25, 0.3) is 0 Å². The van der Waals surface area contributed by atoms with Gasteiger partial charge in [-0.15, -0.1) is 0 Å². The summed E-state index contributed by atoms with van der Waals surface area (Å²) in [6.45, 7) is 0.906. The summed E-state index contributed by atoms with van der Waals surface area (Å²) in [4.78, 5) is 14.8. The Morgan fingerprint density at radius 3 is 2.61 bits per heavy atom. The van der Waals surface area contributed by atoms with Crippen molar-refractivity contribution in [2.24, 2.45) is 0 Å². The summed E-state index contributed by atoms with van der Waals surface area (Å²) in [5.41, 5.74) is 2.97. The van der Waals surface area contributed by atoms with Gasteiger partial charge in [-0.2, -0.15) is 0 Å². The molecule has 1 amide bonds. The third-order valence-electron chi connectivity index (χ3n) is 6.33. The number of benzene rings is 1. The number of hydrogen-bond acceptors (Lipinski definition) is 3. The van der Waals surface area contributed by atoms with E-state index in [9.17, 15) is 4.79 Å². The van der Waals surface area contributed by atoms with Gasteiger partial charge in [0.2, 0.25) is 5.91 Å². The van der Waals surface area contributed by atoms with Crippen LogP contribution in [0.3, 0.4) is 0 Å². The van der Waals surface area contributed by atoms with E-state index in [0.717, 1.165) is 30.8 Å². The van der Waals surface area contributed by atoms with Crippen molar-refractivity contribution in [1.29, 1.82) is 0 Å². The predicted octanol–water partition coefficient (Wildman–Crippen LogP) is 3.54. The van der Waals surface area contributed by atoms with E-state index in [0.29, 0.717) is 6.42 Å². The molecule has 1 aromatic carbocycles. The number of anilines is 1. The molecule has 0 bridgehead atoms. The minimum atomic E-state index is -0.409. The van der Waals surface area contributed by atoms with Crippen molar-refractivity contribution in [3.63, 3.8) is 0 Å². The molecule has 2 aliphatic carbocycles. The monoisotopic (exact) mass is 418 g/mol. The third kappa shape index (κ3) is 2.36. The van der Waals surface area contributed by atoms with Crippen LogP contribution in [0.2, 0.25) is 0 Å². The van der Waals surface area contributed by atoms with Crippen molar-refractivity contribution in [3.8, 4) is 0 Å². The quantitative estimate of drug-likeness (QED) is 0.759. The van der Waals surface area contributed by atoms with E-state index >= 15 is 0 Å². The second-order valence-electron chi connectivity index (χ2n) is 7.49. The molecule has 2 atom stereocenters. The fraction of sp³-hybridized carbons (Fsp3) is 0.304. The Bertz CT molecular complexity index is 922. The number of methoxy groups -OCH3 is 1. The van der Waals surface area contributed by atoms with Crippen LogP contribution in [0, 0.1) is 6.42 Å². The van der Waals surface area contributed by atoms with E-state index in [4.69, 9.17) is 4.74 Å². The molecule has 0 unspecified atom stereocenters. The number of fused-ring (bicyclic) bond motifs is 2. The first-order valence-electron chi connectivity index (χ1n) is 9.55. The zero-order valence-corrected chi connectivity index (χ0v) is 16.8. The summed E-state index contributed by atoms with van der Waals surface area (Å²) in [6, 6.07) is 8.33. The summed E-state index contributed by atoms with van der Waals surface area (Å²) in [6.07, 6.45) is 16.7. The summed E-state index contributed by atoms with van der Waals surface area (Å²) < 4.78 is 5.59. The average Bonchev–Trinajstić information content (AvgIpc) is 3.41. The van der Waals surface area contributed by atoms with Crippen LogP contribution in [0.25, 0.3) is 0 Å². The molecule has 1 spiro atoms. The maximum atomic E-state index is 12.8. The van der Waals surface area contributed by atoms with Crippen LogP contribution in [-0.4, -0.2) is 25.2 Å². The number of rotatable bonds is 1. The topological polar surface area (TPSA) is 41.6 Å². The minimum Gasteiger partial charge on any atom is -0.497 e. The molecule has 3 aliphatic heterocycles. The predicted molar refractivity (Wildman–Crippen MR) is 106 cm³/mol. The number of carbonyl (C=O) groups is 1. The van der Waals surface area contributed by atoms with Crippen molar-refractivity contribution >= 4 is 11.6 Å². The molecule has 4 nitrogen and oxygen atoms in total. The molecule has 0 saturated carbocycles. The van der Waals surface area contributed by atoms with Crippen LogP contribution in [0.15, 0.2) is 72.1 Å². The van der Waals surface area contributed by atoms with Crippen molar-refractivity contribution in [3.05, 3.63) is 84.0 Å². The van der Waals surface area contributed by atoms with E-state index in [-0.39, 0.29) is 28.1 Å². The first-order chi connectivity index (χ1) is 13.2. The van der Waals surface area contributed by atoms with E-state index in [1.165, 1.54) is 11.1 Å². The molecule has 2 fully saturated rings. The van der Waals surface area contributed by atoms with Gasteiger partial charge in [0.05, 0.1) is 18.2 Å². The Morgan fingerprint density at radius 2 is 1.89 bits per heavy atom. The Labute approximate surface area is 176 Å². The van der Waals surface area contributed by atoms with Crippen LogP contribution in [0.4, 0.5) is 5.69 Å². The van der Waals surface area contributed by atoms with Gasteiger partial charge in [-0.3, -0.25) is 15.0 Å². The number of para-hydroxylation sites is 1. The first kappa shape index (κ1) is 19.2. The standard InChI is InChI=1S/C18H18N2O2.C5H5.Co/c1-22-13-10-12-6-7-16(21)20-15-5-3-2-4-14(15)17(11-13)8-9-19-18(12,17)20;1-2-4-5-3-1;/h2-5,10-11,19H,6-9H2,1H3;1-5H;/t17-,18-;;/m0../s1. The molecule has 1 N–H and O–H groups in total. The zero-order chi connectivity index (χ0) is 18.5. The van der Waals surface area contributed by atoms with Gasteiger partial charge < -0.3 is 4.74 Å². The minimum absolute atomic E-state index is 0. The van der Waals surface area contributed by atoms with Crippen LogP contribution in [-0.2, 0) is 31.7 Å². The summed E-state index contributed by atoms with van der Waals surface area (Å²) >= 11 is 0. The molecule has 3 heterocycles. The van der Waals surface area contributed by atoms with Crippen molar-refractivity contribution in [1.82, 2.24) is 5.32 Å². The normalized spacial score (nSPS) is 30.3. The smallest absolute Gasteiger partial charge is 0.229 e. The van der Waals surface area contributed by atoms with Crippen molar-refractivity contribution in [2.75, 3.05) is 18.6 Å². The third-order valence-corrected chi connectivity index (χ3v) is 6.33.